The number of nitrogens with two attached hydrogens (primary N) is 1. The average molecular weight is 226 g/mol. The van der Waals surface area contributed by atoms with Gasteiger partial charge in [0.2, 0.25) is 0 Å². The molecule has 0 spiro atoms. The second-order valence-electron chi connectivity index (χ2n) is 1.76. The van der Waals surface area contributed by atoms with E-state index in [1.165, 1.54) is 0 Å². The number of halogens is 1. The lowest BCUT2D eigenvalue weighted by Crippen LogP contribution is -2.35. The standard InChI is InChI=1S/C5H8BrNO4/c6-1-4(8)11-2-3(7)5(9)10/h3H,1-2,7H2,(H,9,10). The monoisotopic (exact) mass is 225 g/mol. The molecule has 6 heteroatoms. The number of carbonyl (C=O) groups is 2. The third-order valence-corrected chi connectivity index (χ3v) is 1.31. The Balaban J connectivity index is 3.54. The summed E-state index contributed by atoms with van der Waals surface area (Å²) in [6, 6.07) is -1.14. The summed E-state index contributed by atoms with van der Waals surface area (Å²) in [6.45, 7) is -0.292. The number of rotatable bonds is 4. The van der Waals surface area contributed by atoms with E-state index in [1.807, 2.05) is 0 Å². The van der Waals surface area contributed by atoms with Crippen molar-refractivity contribution in [3.05, 3.63) is 0 Å². The van der Waals surface area contributed by atoms with Crippen LogP contribution in [0.5, 0.6) is 0 Å². The van der Waals surface area contributed by atoms with Crippen molar-refractivity contribution >= 4 is 27.9 Å². The maximum atomic E-state index is 10.4. The van der Waals surface area contributed by atoms with Crippen LogP contribution in [0.4, 0.5) is 0 Å². The van der Waals surface area contributed by atoms with Crippen LogP contribution in [0.25, 0.3) is 0 Å². The molecule has 0 aromatic carbocycles. The first kappa shape index (κ1) is 10.4. The van der Waals surface area contributed by atoms with E-state index < -0.39 is 18.0 Å². The molecule has 0 saturated heterocycles. The molecular weight excluding hydrogens is 218 g/mol. The first-order chi connectivity index (χ1) is 5.07. The third-order valence-electron chi connectivity index (χ3n) is 0.850. The first-order valence-corrected chi connectivity index (χ1v) is 3.90. The van der Waals surface area contributed by atoms with E-state index in [9.17, 15) is 9.59 Å². The zero-order chi connectivity index (χ0) is 8.85. The Morgan fingerprint density at radius 3 is 2.55 bits per heavy atom. The molecule has 0 amide bonds. The van der Waals surface area contributed by atoms with Crippen molar-refractivity contribution in [2.75, 3.05) is 11.9 Å². The van der Waals surface area contributed by atoms with E-state index in [-0.39, 0.29) is 11.9 Å². The maximum absolute atomic E-state index is 10.4. The molecule has 0 bridgehead atoms. The van der Waals surface area contributed by atoms with Gasteiger partial charge in [-0.25, -0.2) is 0 Å². The zero-order valence-electron chi connectivity index (χ0n) is 5.62. The van der Waals surface area contributed by atoms with Gasteiger partial charge in [0.15, 0.2) is 0 Å². The summed E-state index contributed by atoms with van der Waals surface area (Å²) in [5, 5.41) is 8.28. The lowest BCUT2D eigenvalue weighted by molar-refractivity contribution is -0.145. The van der Waals surface area contributed by atoms with Gasteiger partial charge in [-0.3, -0.25) is 9.59 Å². The number of carboxylic acid groups (broad SMARTS) is 1. The Bertz CT molecular complexity index is 161. The van der Waals surface area contributed by atoms with Crippen molar-refractivity contribution in [3.63, 3.8) is 0 Å². The first-order valence-electron chi connectivity index (χ1n) is 2.78. The highest BCUT2D eigenvalue weighted by Crippen LogP contribution is 1.87. The second kappa shape index (κ2) is 5.09. The third kappa shape index (κ3) is 4.74. The molecule has 0 saturated carbocycles. The SMILES string of the molecule is NC(COC(=O)CBr)C(=O)O. The van der Waals surface area contributed by atoms with E-state index in [0.717, 1.165) is 0 Å². The number of carbonyl (C=O) groups excluding carboxylic acids is 1. The molecule has 0 aromatic rings. The minimum absolute atomic E-state index is 0.0410. The van der Waals surface area contributed by atoms with Crippen LogP contribution in [0.2, 0.25) is 0 Å². The summed E-state index contributed by atoms with van der Waals surface area (Å²) in [7, 11) is 0. The molecular formula is C5H8BrNO4. The number of ether oxygens (including phenoxy) is 1. The van der Waals surface area contributed by atoms with Crippen LogP contribution < -0.4 is 5.73 Å². The highest BCUT2D eigenvalue weighted by Gasteiger charge is 2.13. The van der Waals surface area contributed by atoms with Crippen molar-refractivity contribution in [2.24, 2.45) is 5.73 Å². The van der Waals surface area contributed by atoms with Gasteiger partial charge in [0.05, 0.1) is 0 Å². The van der Waals surface area contributed by atoms with Crippen LogP contribution in [0.3, 0.4) is 0 Å². The van der Waals surface area contributed by atoms with Gasteiger partial charge >= 0.3 is 11.9 Å². The Labute approximate surface area is 71.6 Å². The molecule has 0 radical (unpaired) electrons. The molecule has 5 nitrogen and oxygen atoms in total. The van der Waals surface area contributed by atoms with E-state index in [1.54, 1.807) is 0 Å². The van der Waals surface area contributed by atoms with Gasteiger partial charge in [0, 0.05) is 0 Å². The van der Waals surface area contributed by atoms with Gasteiger partial charge in [-0.2, -0.15) is 0 Å². The number of hydrogen-bond donors (Lipinski definition) is 2. The Hall–Kier alpha value is -0.620. The van der Waals surface area contributed by atoms with Gasteiger partial charge in [-0.1, -0.05) is 15.9 Å². The van der Waals surface area contributed by atoms with E-state index >= 15 is 0 Å². The molecule has 0 heterocycles. The largest absolute Gasteiger partial charge is 0.480 e. The summed E-state index contributed by atoms with van der Waals surface area (Å²) >= 11 is 2.84. The van der Waals surface area contributed by atoms with Crippen LogP contribution in [0.15, 0.2) is 0 Å². The molecule has 0 rings (SSSR count). The van der Waals surface area contributed by atoms with Crippen LogP contribution in [-0.4, -0.2) is 35.0 Å². The van der Waals surface area contributed by atoms with Gasteiger partial charge in [0.1, 0.15) is 18.0 Å². The van der Waals surface area contributed by atoms with Crippen molar-refractivity contribution < 1.29 is 19.4 Å². The minimum atomic E-state index is -1.19. The molecule has 0 aliphatic carbocycles. The highest BCUT2D eigenvalue weighted by molar-refractivity contribution is 9.09. The lowest BCUT2D eigenvalue weighted by atomic mass is 10.3. The van der Waals surface area contributed by atoms with Gasteiger partial charge in [-0.05, 0) is 0 Å². The maximum Gasteiger partial charge on any atom is 0.324 e. The summed E-state index contributed by atoms with van der Waals surface area (Å²) in [5.74, 6) is -1.71. The summed E-state index contributed by atoms with van der Waals surface area (Å²) in [5.41, 5.74) is 5.03. The molecule has 64 valence electrons. The van der Waals surface area contributed by atoms with Crippen molar-refractivity contribution in [2.45, 2.75) is 6.04 Å². The van der Waals surface area contributed by atoms with Crippen LogP contribution >= 0.6 is 15.9 Å². The predicted octanol–water partition coefficient (Wildman–Crippen LogP) is -0.664. The normalized spacial score (nSPS) is 12.2. The smallest absolute Gasteiger partial charge is 0.324 e. The molecule has 3 N–H and O–H groups in total. The fraction of sp³-hybridized carbons (Fsp3) is 0.600. The number of alkyl halides is 1. The Morgan fingerprint density at radius 1 is 1.64 bits per heavy atom. The molecule has 1 unspecified atom stereocenters. The van der Waals surface area contributed by atoms with Crippen molar-refractivity contribution in [1.82, 2.24) is 0 Å². The second-order valence-corrected chi connectivity index (χ2v) is 2.32. The summed E-state index contributed by atoms with van der Waals surface area (Å²) in [4.78, 5) is 20.5. The van der Waals surface area contributed by atoms with E-state index in [2.05, 4.69) is 20.7 Å². The fourth-order valence-corrected chi connectivity index (χ4v) is 0.454. The van der Waals surface area contributed by atoms with E-state index in [4.69, 9.17) is 10.8 Å². The fourth-order valence-electron chi connectivity index (χ4n) is 0.293. The Morgan fingerprint density at radius 2 is 2.18 bits per heavy atom. The topological polar surface area (TPSA) is 89.6 Å². The lowest BCUT2D eigenvalue weighted by Gasteiger charge is -2.05. The highest BCUT2D eigenvalue weighted by atomic mass is 79.9. The number of aliphatic carboxylic acids is 1. The van der Waals surface area contributed by atoms with Crippen LogP contribution in [0.1, 0.15) is 0 Å². The van der Waals surface area contributed by atoms with Crippen molar-refractivity contribution in [3.8, 4) is 0 Å². The van der Waals surface area contributed by atoms with Crippen molar-refractivity contribution in [1.29, 1.82) is 0 Å². The van der Waals surface area contributed by atoms with Crippen LogP contribution in [0, 0.1) is 0 Å². The molecule has 0 aromatic heterocycles. The molecule has 11 heavy (non-hydrogen) atoms. The summed E-state index contributed by atoms with van der Waals surface area (Å²) in [6.07, 6.45) is 0. The number of esters is 1. The average Bonchev–Trinajstić information content (AvgIpc) is 1.99. The van der Waals surface area contributed by atoms with Gasteiger partial charge in [-0.15, -0.1) is 0 Å². The molecule has 0 fully saturated rings. The molecule has 0 aliphatic rings. The minimum Gasteiger partial charge on any atom is -0.480 e. The van der Waals surface area contributed by atoms with Crippen LogP contribution in [-0.2, 0) is 14.3 Å². The Kier molecular flexibility index (Phi) is 4.80. The predicted molar refractivity (Wildman–Crippen MR) is 40.4 cm³/mol. The van der Waals surface area contributed by atoms with E-state index in [0.29, 0.717) is 0 Å². The zero-order valence-corrected chi connectivity index (χ0v) is 7.20. The molecule has 0 aliphatic heterocycles. The molecule has 1 atom stereocenters. The number of hydrogen-bond acceptors (Lipinski definition) is 4. The summed E-state index contributed by atoms with van der Waals surface area (Å²) < 4.78 is 4.42. The quantitative estimate of drug-likeness (QED) is 0.490. The number of carboxylic acids is 1. The van der Waals surface area contributed by atoms with Gasteiger partial charge < -0.3 is 15.6 Å². The van der Waals surface area contributed by atoms with Gasteiger partial charge in [0.25, 0.3) is 0 Å².